The quantitative estimate of drug-likeness (QED) is 0.654. The van der Waals surface area contributed by atoms with Crippen LogP contribution in [0.15, 0.2) is 77.7 Å². The monoisotopic (exact) mass is 408 g/mol. The number of hydrogen-bond donors (Lipinski definition) is 1. The van der Waals surface area contributed by atoms with Gasteiger partial charge in [-0.1, -0.05) is 12.1 Å². The first-order valence-corrected chi connectivity index (χ1v) is 10.1. The molecule has 0 fully saturated rings. The summed E-state index contributed by atoms with van der Waals surface area (Å²) in [5.74, 6) is -0.256. The Labute approximate surface area is 167 Å². The first kappa shape index (κ1) is 18.7. The Morgan fingerprint density at radius 1 is 0.793 bits per heavy atom. The summed E-state index contributed by atoms with van der Waals surface area (Å²) in [5.41, 5.74) is 1.35. The van der Waals surface area contributed by atoms with Crippen LogP contribution in [0.5, 0.6) is 5.75 Å². The van der Waals surface area contributed by atoms with Crippen molar-refractivity contribution in [1.82, 2.24) is 0 Å². The average molecular weight is 408 g/mol. The third kappa shape index (κ3) is 3.34. The molecule has 1 N–H and O–H groups in total. The van der Waals surface area contributed by atoms with E-state index in [4.69, 9.17) is 4.74 Å². The van der Waals surface area contributed by atoms with Crippen LogP contribution in [-0.2, 0) is 10.0 Å². The fourth-order valence-corrected chi connectivity index (χ4v) is 4.13. The maximum absolute atomic E-state index is 12.6. The van der Waals surface area contributed by atoms with Gasteiger partial charge in [-0.15, -0.1) is 0 Å². The van der Waals surface area contributed by atoms with E-state index >= 15 is 0 Å². The van der Waals surface area contributed by atoms with E-state index in [1.807, 2.05) is 0 Å². The molecule has 0 aliphatic carbocycles. The number of fused-ring (bicyclic) bond motifs is 1. The van der Waals surface area contributed by atoms with Gasteiger partial charge in [-0.25, -0.2) is 13.3 Å². The lowest BCUT2D eigenvalue weighted by Crippen LogP contribution is -2.29. The predicted molar refractivity (Wildman–Crippen MR) is 108 cm³/mol. The minimum Gasteiger partial charge on any atom is -0.497 e. The van der Waals surface area contributed by atoms with E-state index in [2.05, 4.69) is 4.72 Å². The average Bonchev–Trinajstić information content (AvgIpc) is 2.99. The predicted octanol–water partition coefficient (Wildman–Crippen LogP) is 3.30. The topological polar surface area (TPSA) is 92.8 Å². The van der Waals surface area contributed by atoms with Crippen molar-refractivity contribution < 1.29 is 22.7 Å². The van der Waals surface area contributed by atoms with Gasteiger partial charge in [-0.3, -0.25) is 14.3 Å². The first-order valence-electron chi connectivity index (χ1n) is 8.65. The summed E-state index contributed by atoms with van der Waals surface area (Å²) in [6, 6.07) is 18.6. The van der Waals surface area contributed by atoms with Crippen LogP contribution in [0.4, 0.5) is 11.4 Å². The van der Waals surface area contributed by atoms with Crippen LogP contribution in [0.1, 0.15) is 20.7 Å². The van der Waals surface area contributed by atoms with Crippen LogP contribution in [-0.4, -0.2) is 27.3 Å². The molecule has 1 heterocycles. The van der Waals surface area contributed by atoms with Gasteiger partial charge in [-0.05, 0) is 60.7 Å². The molecule has 3 aromatic rings. The van der Waals surface area contributed by atoms with Crippen molar-refractivity contribution in [1.29, 1.82) is 0 Å². The van der Waals surface area contributed by atoms with E-state index in [1.54, 1.807) is 48.5 Å². The molecular formula is C21H16N2O5S. The van der Waals surface area contributed by atoms with Gasteiger partial charge in [0.25, 0.3) is 21.8 Å². The molecule has 0 saturated carbocycles. The minimum atomic E-state index is -3.83. The summed E-state index contributed by atoms with van der Waals surface area (Å²) in [4.78, 5) is 26.1. The van der Waals surface area contributed by atoms with Gasteiger partial charge in [-0.2, -0.15) is 0 Å². The largest absolute Gasteiger partial charge is 0.497 e. The first-order chi connectivity index (χ1) is 13.9. The fourth-order valence-electron chi connectivity index (χ4n) is 3.07. The lowest BCUT2D eigenvalue weighted by atomic mass is 10.1. The number of ether oxygens (including phenoxy) is 1. The number of carbonyl (C=O) groups excluding carboxylic acids is 2. The van der Waals surface area contributed by atoms with Crippen molar-refractivity contribution in [3.05, 3.63) is 83.9 Å². The summed E-state index contributed by atoms with van der Waals surface area (Å²) in [5, 5.41) is 0. The van der Waals surface area contributed by atoms with Crippen molar-refractivity contribution in [2.45, 2.75) is 4.90 Å². The van der Waals surface area contributed by atoms with E-state index in [0.717, 1.165) is 4.90 Å². The second-order valence-electron chi connectivity index (χ2n) is 6.32. The maximum Gasteiger partial charge on any atom is 0.266 e. The SMILES string of the molecule is COc1ccc(NS(=O)(=O)c2ccc(N3C(=O)c4ccccc4C3=O)cc2)cc1. The Morgan fingerprint density at radius 3 is 1.86 bits per heavy atom. The van der Waals surface area contributed by atoms with Crippen molar-refractivity contribution >= 4 is 33.2 Å². The highest BCUT2D eigenvalue weighted by molar-refractivity contribution is 7.92. The summed E-state index contributed by atoms with van der Waals surface area (Å²) < 4.78 is 32.7. The number of carbonyl (C=O) groups is 2. The molecular weight excluding hydrogens is 392 g/mol. The number of rotatable bonds is 5. The summed E-state index contributed by atoms with van der Waals surface area (Å²) in [7, 11) is -2.31. The molecule has 0 spiro atoms. The lowest BCUT2D eigenvalue weighted by molar-refractivity contribution is 0.0926. The van der Waals surface area contributed by atoms with Crippen LogP contribution in [0, 0.1) is 0 Å². The number of nitrogens with zero attached hydrogens (tertiary/aromatic N) is 1. The van der Waals surface area contributed by atoms with Crippen LogP contribution < -0.4 is 14.4 Å². The zero-order valence-electron chi connectivity index (χ0n) is 15.3. The number of sulfonamides is 1. The van der Waals surface area contributed by atoms with Crippen LogP contribution in [0.2, 0.25) is 0 Å². The zero-order chi connectivity index (χ0) is 20.6. The van der Waals surface area contributed by atoms with Crippen molar-refractivity contribution in [2.75, 3.05) is 16.7 Å². The third-order valence-corrected chi connectivity index (χ3v) is 5.94. The summed E-state index contributed by atoms with van der Waals surface area (Å²) in [6.45, 7) is 0. The second-order valence-corrected chi connectivity index (χ2v) is 8.00. The van der Waals surface area contributed by atoms with Gasteiger partial charge in [0.15, 0.2) is 0 Å². The number of hydrogen-bond acceptors (Lipinski definition) is 5. The van der Waals surface area contributed by atoms with E-state index in [9.17, 15) is 18.0 Å². The Balaban J connectivity index is 1.58. The molecule has 0 atom stereocenters. The Bertz CT molecular complexity index is 1170. The molecule has 4 rings (SSSR count). The number of imide groups is 1. The van der Waals surface area contributed by atoms with E-state index in [-0.39, 0.29) is 4.90 Å². The van der Waals surface area contributed by atoms with Gasteiger partial charge in [0.1, 0.15) is 5.75 Å². The smallest absolute Gasteiger partial charge is 0.266 e. The third-order valence-electron chi connectivity index (χ3n) is 4.54. The highest BCUT2D eigenvalue weighted by atomic mass is 32.2. The normalized spacial score (nSPS) is 13.3. The lowest BCUT2D eigenvalue weighted by Gasteiger charge is -2.15. The van der Waals surface area contributed by atoms with Gasteiger partial charge in [0.05, 0.1) is 28.8 Å². The Hall–Kier alpha value is -3.65. The molecule has 0 saturated heterocycles. The zero-order valence-corrected chi connectivity index (χ0v) is 16.1. The molecule has 1 aliphatic heterocycles. The molecule has 8 heteroatoms. The number of anilines is 2. The molecule has 0 aromatic heterocycles. The van der Waals surface area contributed by atoms with Crippen molar-refractivity contribution in [3.8, 4) is 5.75 Å². The highest BCUT2D eigenvalue weighted by Crippen LogP contribution is 2.29. The molecule has 146 valence electrons. The van der Waals surface area contributed by atoms with Crippen LogP contribution >= 0.6 is 0 Å². The van der Waals surface area contributed by atoms with Gasteiger partial charge in [0, 0.05) is 5.69 Å². The van der Waals surface area contributed by atoms with Gasteiger partial charge in [0.2, 0.25) is 0 Å². The molecule has 0 bridgehead atoms. The second kappa shape index (κ2) is 7.06. The molecule has 7 nitrogen and oxygen atoms in total. The Morgan fingerprint density at radius 2 is 1.34 bits per heavy atom. The van der Waals surface area contributed by atoms with E-state index in [0.29, 0.717) is 28.3 Å². The van der Waals surface area contributed by atoms with E-state index in [1.165, 1.54) is 31.4 Å². The van der Waals surface area contributed by atoms with Crippen molar-refractivity contribution in [2.24, 2.45) is 0 Å². The Kier molecular flexibility index (Phi) is 4.56. The maximum atomic E-state index is 12.6. The van der Waals surface area contributed by atoms with Crippen LogP contribution in [0.3, 0.4) is 0 Å². The van der Waals surface area contributed by atoms with Crippen LogP contribution in [0.25, 0.3) is 0 Å². The number of amides is 2. The molecule has 0 radical (unpaired) electrons. The van der Waals surface area contributed by atoms with E-state index < -0.39 is 21.8 Å². The molecule has 2 amide bonds. The molecule has 29 heavy (non-hydrogen) atoms. The number of benzene rings is 3. The summed E-state index contributed by atoms with van der Waals surface area (Å²) >= 11 is 0. The van der Waals surface area contributed by atoms with Gasteiger partial charge >= 0.3 is 0 Å². The molecule has 0 unspecified atom stereocenters. The number of methoxy groups -OCH3 is 1. The summed E-state index contributed by atoms with van der Waals surface area (Å²) in [6.07, 6.45) is 0. The fraction of sp³-hybridized carbons (Fsp3) is 0.0476. The number of nitrogens with one attached hydrogen (secondary N) is 1. The highest BCUT2D eigenvalue weighted by Gasteiger charge is 2.36. The van der Waals surface area contributed by atoms with Crippen molar-refractivity contribution in [3.63, 3.8) is 0 Å². The minimum absolute atomic E-state index is 0.00803. The molecule has 3 aromatic carbocycles. The molecule has 1 aliphatic rings. The standard InChI is InChI=1S/C21H16N2O5S/c1-28-16-10-6-14(7-11-16)22-29(26,27)17-12-8-15(9-13-17)23-20(24)18-4-2-3-5-19(18)21(23)25/h2-13,22H,1H3. The van der Waals surface area contributed by atoms with Gasteiger partial charge < -0.3 is 4.74 Å².